The minimum atomic E-state index is 1.57. The van der Waals surface area contributed by atoms with Gasteiger partial charge in [0.15, 0.2) is 0 Å². The van der Waals surface area contributed by atoms with Crippen molar-refractivity contribution < 1.29 is 5.21 Å². The van der Waals surface area contributed by atoms with Crippen molar-refractivity contribution in [3.63, 3.8) is 0 Å². The molecule has 0 aliphatic carbocycles. The average molecular weight is 62.1 g/mol. The first-order chi connectivity index (χ1) is 1.91. The second kappa shape index (κ2) is 2.88. The minimum absolute atomic E-state index is 1.57. The Morgan fingerprint density at radius 2 is 2.00 bits per heavy atom. The number of hydrogen-bond donors (Lipinski definition) is 3. The highest BCUT2D eigenvalue weighted by Gasteiger charge is 1.45. The molecule has 0 rings (SSSR count). The highest BCUT2D eigenvalue weighted by atomic mass is 16.5. The molecule has 0 aliphatic heterocycles. The van der Waals surface area contributed by atoms with Gasteiger partial charge >= 0.3 is 0 Å². The molecule has 0 atom stereocenters. The van der Waals surface area contributed by atoms with Gasteiger partial charge in [-0.05, 0) is 0 Å². The van der Waals surface area contributed by atoms with E-state index in [1.54, 1.807) is 12.6 Å². The van der Waals surface area contributed by atoms with Crippen LogP contribution in [0.15, 0.2) is 0 Å². The Labute approximate surface area is 24.6 Å². The third-order valence-corrected chi connectivity index (χ3v) is 0.112. The first-order valence-corrected chi connectivity index (χ1v) is 0.974. The van der Waals surface area contributed by atoms with Gasteiger partial charge in [-0.25, -0.2) is 5.43 Å². The van der Waals surface area contributed by atoms with Crippen LogP contribution in [0, 0.1) is 0 Å². The summed E-state index contributed by atoms with van der Waals surface area (Å²) >= 11 is 0. The summed E-state index contributed by atoms with van der Waals surface area (Å²) in [6.07, 6.45) is 0. The molecule has 0 aromatic heterocycles. The number of nitrogens with one attached hydrogen (secondary N) is 2. The minimum Gasteiger partial charge on any atom is -0.302 e. The zero-order chi connectivity index (χ0) is 3.41. The summed E-state index contributed by atoms with van der Waals surface area (Å²) in [4.78, 5) is 0. The topological polar surface area (TPSA) is 44.3 Å². The Morgan fingerprint density at radius 3 is 2.00 bits per heavy atom. The van der Waals surface area contributed by atoms with Gasteiger partial charge in [0.1, 0.15) is 0 Å². The molecule has 4 heavy (non-hydrogen) atoms. The first-order valence-electron chi connectivity index (χ1n) is 0.974. The summed E-state index contributed by atoms with van der Waals surface area (Å²) in [7, 11) is 1.57. The fourth-order valence-electron chi connectivity index (χ4n) is 0. The summed E-state index contributed by atoms with van der Waals surface area (Å²) < 4.78 is 0. The van der Waals surface area contributed by atoms with Gasteiger partial charge < -0.3 is 5.21 Å². The van der Waals surface area contributed by atoms with Crippen LogP contribution in [0.4, 0.5) is 0 Å². The molecule has 0 unspecified atom stereocenters. The summed E-state index contributed by atoms with van der Waals surface area (Å²) in [5, 5.41) is 7.51. The highest BCUT2D eigenvalue weighted by molar-refractivity contribution is 3.84. The van der Waals surface area contributed by atoms with E-state index >= 15 is 0 Å². The Morgan fingerprint density at radius 1 is 1.75 bits per heavy atom. The molecule has 0 fully saturated rings. The van der Waals surface area contributed by atoms with E-state index < -0.39 is 0 Å². The monoisotopic (exact) mass is 62.0 g/mol. The molecule has 3 nitrogen and oxygen atoms in total. The van der Waals surface area contributed by atoms with E-state index in [0.29, 0.717) is 0 Å². The van der Waals surface area contributed by atoms with Crippen molar-refractivity contribution in [3.05, 3.63) is 0 Å². The van der Waals surface area contributed by atoms with Crippen LogP contribution in [0.25, 0.3) is 0 Å². The van der Waals surface area contributed by atoms with Crippen LogP contribution in [0.3, 0.4) is 0 Å². The summed E-state index contributed by atoms with van der Waals surface area (Å²) in [5.41, 5.74) is 3.92. The largest absolute Gasteiger partial charge is 0.302 e. The zero-order valence-electron chi connectivity index (χ0n) is 2.45. The average Bonchev–Trinajstić information content (AvgIpc) is 1.37. The van der Waals surface area contributed by atoms with Crippen molar-refractivity contribution >= 4 is 0 Å². The lowest BCUT2D eigenvalue weighted by Gasteiger charge is -1.80. The molecule has 3 N–H and O–H groups in total. The van der Waals surface area contributed by atoms with Gasteiger partial charge in [0.05, 0.1) is 0 Å². The number of hydrazine groups is 1. The quantitative estimate of drug-likeness (QED) is 0.345. The number of hydrogen-bond acceptors (Lipinski definition) is 3. The SMILES string of the molecule is CNNO. The smallest absolute Gasteiger partial charge is 0.000704 e. The summed E-state index contributed by atoms with van der Waals surface area (Å²) in [6.45, 7) is 0. The van der Waals surface area contributed by atoms with Crippen LogP contribution in [-0.4, -0.2) is 12.3 Å². The zero-order valence-corrected chi connectivity index (χ0v) is 2.45. The highest BCUT2D eigenvalue weighted by Crippen LogP contribution is 1.06. The molecule has 0 saturated heterocycles. The molecule has 26 valence electrons. The normalized spacial score (nSPS) is 7.50. The second-order valence-electron chi connectivity index (χ2n) is 0.362. The lowest BCUT2D eigenvalue weighted by Crippen LogP contribution is -2.22. The van der Waals surface area contributed by atoms with Crippen LogP contribution in [-0.2, 0) is 0 Å². The van der Waals surface area contributed by atoms with E-state index in [1.165, 1.54) is 0 Å². The number of rotatable bonds is 1. The van der Waals surface area contributed by atoms with E-state index in [2.05, 4.69) is 5.43 Å². The van der Waals surface area contributed by atoms with E-state index in [-0.39, 0.29) is 0 Å². The standard InChI is InChI=1S/CH6N2O/c1-2-3-4/h2-4H,1H3. The van der Waals surface area contributed by atoms with Crippen LogP contribution in [0.5, 0.6) is 0 Å². The molecule has 0 aromatic carbocycles. The van der Waals surface area contributed by atoms with Gasteiger partial charge in [0, 0.05) is 7.05 Å². The van der Waals surface area contributed by atoms with Crippen LogP contribution in [0.1, 0.15) is 0 Å². The van der Waals surface area contributed by atoms with Crippen molar-refractivity contribution in [1.29, 1.82) is 0 Å². The predicted octanol–water partition coefficient (Wildman–Crippen LogP) is -0.900. The maximum atomic E-state index is 7.51. The molecule has 0 saturated carbocycles. The first kappa shape index (κ1) is 3.88. The molecular weight excluding hydrogens is 56.0 g/mol. The van der Waals surface area contributed by atoms with Crippen molar-refractivity contribution in [1.82, 2.24) is 11.0 Å². The van der Waals surface area contributed by atoms with E-state index in [4.69, 9.17) is 5.21 Å². The second-order valence-corrected chi connectivity index (χ2v) is 0.362. The molecule has 0 amide bonds. The van der Waals surface area contributed by atoms with E-state index in [0.717, 1.165) is 0 Å². The molecule has 3 heteroatoms. The Balaban J connectivity index is 1.97. The van der Waals surface area contributed by atoms with Crippen LogP contribution < -0.4 is 11.0 Å². The molecule has 0 bridgehead atoms. The molecule has 0 heterocycles. The Bertz CT molecular complexity index is 8.00. The third-order valence-electron chi connectivity index (χ3n) is 0.112. The van der Waals surface area contributed by atoms with E-state index in [1.807, 2.05) is 0 Å². The fraction of sp³-hybridized carbons (Fsp3) is 1.00. The van der Waals surface area contributed by atoms with Crippen molar-refractivity contribution in [3.8, 4) is 0 Å². The van der Waals surface area contributed by atoms with Gasteiger partial charge in [-0.2, -0.15) is 0 Å². The van der Waals surface area contributed by atoms with Crippen LogP contribution in [0.2, 0.25) is 0 Å². The fourth-order valence-corrected chi connectivity index (χ4v) is 0. The van der Waals surface area contributed by atoms with Gasteiger partial charge in [-0.3, -0.25) is 0 Å². The van der Waals surface area contributed by atoms with Gasteiger partial charge in [-0.15, -0.1) is 5.59 Å². The molecular formula is CH6N2O. The third kappa shape index (κ3) is 1.88. The van der Waals surface area contributed by atoms with Gasteiger partial charge in [0.2, 0.25) is 0 Å². The van der Waals surface area contributed by atoms with Gasteiger partial charge in [0.25, 0.3) is 0 Å². The van der Waals surface area contributed by atoms with Gasteiger partial charge in [-0.1, -0.05) is 0 Å². The van der Waals surface area contributed by atoms with Crippen molar-refractivity contribution in [2.24, 2.45) is 0 Å². The lowest BCUT2D eigenvalue weighted by molar-refractivity contribution is 0.130. The molecule has 0 spiro atoms. The lowest BCUT2D eigenvalue weighted by atomic mass is 11.5. The van der Waals surface area contributed by atoms with E-state index in [9.17, 15) is 0 Å². The van der Waals surface area contributed by atoms with Crippen molar-refractivity contribution in [2.45, 2.75) is 0 Å². The maximum absolute atomic E-state index is 7.51. The predicted molar refractivity (Wildman–Crippen MR) is 14.0 cm³/mol. The van der Waals surface area contributed by atoms with Crippen molar-refractivity contribution in [2.75, 3.05) is 7.05 Å². The Kier molecular flexibility index (Phi) is 2.79. The summed E-state index contributed by atoms with van der Waals surface area (Å²) in [6, 6.07) is 0. The van der Waals surface area contributed by atoms with Crippen LogP contribution >= 0.6 is 0 Å². The Hall–Kier alpha value is -0.120. The molecule has 0 aromatic rings. The summed E-state index contributed by atoms with van der Waals surface area (Å²) in [5.74, 6) is 0. The molecule has 0 radical (unpaired) electrons. The molecule has 0 aliphatic rings. The maximum Gasteiger partial charge on any atom is 0.000704 e.